The molecular formula is C25H19F4N3O3S. The number of hydrogen-bond donors (Lipinski definition) is 1. The molecule has 0 spiro atoms. The fourth-order valence-electron chi connectivity index (χ4n) is 3.57. The number of aryl methyl sites for hydroxylation is 1. The Labute approximate surface area is 206 Å². The lowest BCUT2D eigenvalue weighted by Gasteiger charge is -2.13. The number of H-pyrrole nitrogens is 1. The molecule has 0 fully saturated rings. The first-order chi connectivity index (χ1) is 17.0. The van der Waals surface area contributed by atoms with Crippen LogP contribution in [-0.4, -0.2) is 27.0 Å². The second-order valence-corrected chi connectivity index (χ2v) is 8.78. The molecule has 11 heteroatoms. The Morgan fingerprint density at radius 2 is 1.83 bits per heavy atom. The van der Waals surface area contributed by atoms with Crippen molar-refractivity contribution in [2.24, 2.45) is 0 Å². The van der Waals surface area contributed by atoms with Gasteiger partial charge in [0.05, 0.1) is 5.56 Å². The van der Waals surface area contributed by atoms with Crippen LogP contribution in [0, 0.1) is 12.7 Å². The van der Waals surface area contributed by atoms with E-state index in [4.69, 9.17) is 4.74 Å². The molecule has 0 aliphatic heterocycles. The average molecular weight is 518 g/mol. The van der Waals surface area contributed by atoms with E-state index in [0.29, 0.717) is 39.6 Å². The van der Waals surface area contributed by atoms with E-state index >= 15 is 0 Å². The number of halogens is 4. The Hall–Kier alpha value is -3.73. The highest BCUT2D eigenvalue weighted by Gasteiger charge is 2.31. The molecule has 0 unspecified atom stereocenters. The summed E-state index contributed by atoms with van der Waals surface area (Å²) in [5, 5.41) is 0. The molecule has 0 aliphatic rings. The summed E-state index contributed by atoms with van der Waals surface area (Å²) in [4.78, 5) is 36.1. The van der Waals surface area contributed by atoms with Crippen LogP contribution >= 0.6 is 11.8 Å². The normalized spacial score (nSPS) is 11.6. The van der Waals surface area contributed by atoms with Crippen LogP contribution in [0.5, 0.6) is 11.5 Å². The van der Waals surface area contributed by atoms with Gasteiger partial charge in [-0.2, -0.15) is 13.2 Å². The summed E-state index contributed by atoms with van der Waals surface area (Å²) < 4.78 is 58.9. The van der Waals surface area contributed by atoms with E-state index in [0.717, 1.165) is 6.07 Å². The van der Waals surface area contributed by atoms with E-state index in [1.54, 1.807) is 37.4 Å². The van der Waals surface area contributed by atoms with Gasteiger partial charge >= 0.3 is 6.18 Å². The Kier molecular flexibility index (Phi) is 7.11. The number of hydrogen-bond acceptors (Lipinski definition) is 6. The van der Waals surface area contributed by atoms with E-state index in [-0.39, 0.29) is 28.9 Å². The molecule has 0 bridgehead atoms. The molecule has 36 heavy (non-hydrogen) atoms. The van der Waals surface area contributed by atoms with Crippen molar-refractivity contribution in [2.45, 2.75) is 30.8 Å². The van der Waals surface area contributed by atoms with E-state index in [9.17, 15) is 27.2 Å². The quantitative estimate of drug-likeness (QED) is 0.252. The number of thioether (sulfide) groups is 1. The Morgan fingerprint density at radius 1 is 1.08 bits per heavy atom. The maximum Gasteiger partial charge on any atom is 0.416 e. The van der Waals surface area contributed by atoms with Crippen molar-refractivity contribution in [3.63, 3.8) is 0 Å². The number of aromatic amines is 1. The minimum atomic E-state index is -4.63. The molecule has 0 atom stereocenters. The molecule has 0 saturated carbocycles. The SMILES string of the molecule is CSc1cc(Oc2ccnc3[nH]c(=O)c(C)nc23)ccc1CC(=O)Cc1cc(C(F)(F)F)ccc1F. The molecular weight excluding hydrogens is 498 g/mol. The second-order valence-electron chi connectivity index (χ2n) is 7.93. The van der Waals surface area contributed by atoms with Crippen molar-refractivity contribution in [3.05, 3.63) is 87.2 Å². The summed E-state index contributed by atoms with van der Waals surface area (Å²) >= 11 is 1.35. The van der Waals surface area contributed by atoms with Gasteiger partial charge in [0.2, 0.25) is 0 Å². The smallest absolute Gasteiger partial charge is 0.416 e. The van der Waals surface area contributed by atoms with E-state index in [2.05, 4.69) is 15.0 Å². The number of rotatable bonds is 7. The number of ketones is 1. The highest BCUT2D eigenvalue weighted by Crippen LogP contribution is 2.32. The highest BCUT2D eigenvalue weighted by molar-refractivity contribution is 7.98. The van der Waals surface area contributed by atoms with Gasteiger partial charge in [-0.05, 0) is 54.6 Å². The maximum absolute atomic E-state index is 14.1. The highest BCUT2D eigenvalue weighted by atomic mass is 32.2. The molecule has 4 aromatic rings. The number of benzene rings is 2. The standard InChI is InChI=1S/C25H19F4N3O3S/c1-13-24(34)32-23-22(31-13)20(7-8-30-23)35-18-5-3-14(21(12-18)36-2)10-17(33)11-15-9-16(25(27,28)29)4-6-19(15)26/h3-9,12H,10-11H2,1-2H3,(H,30,32,34). The van der Waals surface area contributed by atoms with Crippen LogP contribution in [-0.2, 0) is 23.8 Å². The predicted molar refractivity (Wildman–Crippen MR) is 127 cm³/mol. The van der Waals surface area contributed by atoms with Gasteiger partial charge in [0, 0.05) is 30.0 Å². The van der Waals surface area contributed by atoms with Crippen molar-refractivity contribution in [1.82, 2.24) is 15.0 Å². The first-order valence-electron chi connectivity index (χ1n) is 10.6. The molecule has 6 nitrogen and oxygen atoms in total. The molecule has 0 aliphatic carbocycles. The lowest BCUT2D eigenvalue weighted by Crippen LogP contribution is -2.12. The number of fused-ring (bicyclic) bond motifs is 1. The largest absolute Gasteiger partial charge is 0.455 e. The molecule has 2 aromatic carbocycles. The van der Waals surface area contributed by atoms with Gasteiger partial charge < -0.3 is 9.72 Å². The van der Waals surface area contributed by atoms with Gasteiger partial charge in [-0.15, -0.1) is 11.8 Å². The number of nitrogens with zero attached hydrogens (tertiary/aromatic N) is 2. The van der Waals surface area contributed by atoms with E-state index < -0.39 is 29.8 Å². The third-order valence-electron chi connectivity index (χ3n) is 5.36. The summed E-state index contributed by atoms with van der Waals surface area (Å²) in [5.74, 6) is -0.478. The van der Waals surface area contributed by atoms with Gasteiger partial charge in [-0.25, -0.2) is 14.4 Å². The maximum atomic E-state index is 14.1. The van der Waals surface area contributed by atoms with Gasteiger partial charge in [0.1, 0.15) is 28.6 Å². The number of aromatic nitrogens is 3. The third-order valence-corrected chi connectivity index (χ3v) is 6.18. The molecule has 2 heterocycles. The zero-order valence-corrected chi connectivity index (χ0v) is 19.9. The molecule has 186 valence electrons. The van der Waals surface area contributed by atoms with Crippen molar-refractivity contribution in [2.75, 3.05) is 6.26 Å². The number of alkyl halides is 3. The minimum absolute atomic E-state index is 0.0910. The number of nitrogens with one attached hydrogen (secondary N) is 1. The van der Waals surface area contributed by atoms with Crippen LogP contribution in [0.2, 0.25) is 0 Å². The second kappa shape index (κ2) is 10.1. The fourth-order valence-corrected chi connectivity index (χ4v) is 4.21. The number of pyridine rings is 1. The van der Waals surface area contributed by atoms with Gasteiger partial charge in [0.25, 0.3) is 5.56 Å². The number of carbonyl (C=O) groups excluding carboxylic acids is 1. The van der Waals surface area contributed by atoms with Crippen LogP contribution in [0.25, 0.3) is 11.2 Å². The lowest BCUT2D eigenvalue weighted by atomic mass is 10.0. The Bertz CT molecular complexity index is 1520. The zero-order chi connectivity index (χ0) is 26.0. The van der Waals surface area contributed by atoms with Crippen LogP contribution in [0.4, 0.5) is 17.6 Å². The van der Waals surface area contributed by atoms with E-state index in [1.807, 2.05) is 0 Å². The molecule has 0 saturated heterocycles. The number of ether oxygens (including phenoxy) is 1. The van der Waals surface area contributed by atoms with Crippen LogP contribution < -0.4 is 10.3 Å². The molecule has 4 rings (SSSR count). The zero-order valence-electron chi connectivity index (χ0n) is 19.1. The summed E-state index contributed by atoms with van der Waals surface area (Å²) in [6, 6.07) is 8.66. The van der Waals surface area contributed by atoms with Gasteiger partial charge in [-0.3, -0.25) is 9.59 Å². The molecule has 0 radical (unpaired) electrons. The summed E-state index contributed by atoms with van der Waals surface area (Å²) in [7, 11) is 0. The summed E-state index contributed by atoms with van der Waals surface area (Å²) in [5.41, 5.74) is -0.113. The first-order valence-corrected chi connectivity index (χ1v) is 11.9. The van der Waals surface area contributed by atoms with Crippen LogP contribution in [0.1, 0.15) is 22.4 Å². The van der Waals surface area contributed by atoms with E-state index in [1.165, 1.54) is 18.0 Å². The Morgan fingerprint density at radius 3 is 2.56 bits per heavy atom. The predicted octanol–water partition coefficient (Wildman–Crippen LogP) is 5.65. The summed E-state index contributed by atoms with van der Waals surface area (Å²) in [6.45, 7) is 1.57. The monoisotopic (exact) mass is 517 g/mol. The van der Waals surface area contributed by atoms with Crippen molar-refractivity contribution < 1.29 is 27.1 Å². The average Bonchev–Trinajstić information content (AvgIpc) is 2.82. The lowest BCUT2D eigenvalue weighted by molar-refractivity contribution is -0.137. The summed E-state index contributed by atoms with van der Waals surface area (Å²) in [6.07, 6.45) is -1.91. The van der Waals surface area contributed by atoms with Crippen molar-refractivity contribution >= 4 is 28.7 Å². The number of Topliss-reactive ketones (excluding diaryl/α,β-unsaturated/α-hetero) is 1. The van der Waals surface area contributed by atoms with Gasteiger partial charge in [0.15, 0.2) is 11.4 Å². The third kappa shape index (κ3) is 5.56. The molecule has 0 amide bonds. The van der Waals surface area contributed by atoms with Crippen molar-refractivity contribution in [3.8, 4) is 11.5 Å². The fraction of sp³-hybridized carbons (Fsp3) is 0.200. The topological polar surface area (TPSA) is 84.9 Å². The van der Waals surface area contributed by atoms with Crippen molar-refractivity contribution in [1.29, 1.82) is 0 Å². The van der Waals surface area contributed by atoms with Gasteiger partial charge in [-0.1, -0.05) is 6.07 Å². The molecule has 2 aromatic heterocycles. The first kappa shape index (κ1) is 25.4. The Balaban J connectivity index is 1.54. The minimum Gasteiger partial charge on any atom is -0.455 e. The van der Waals surface area contributed by atoms with Crippen LogP contribution in [0.15, 0.2) is 58.4 Å². The van der Waals surface area contributed by atoms with Crippen LogP contribution in [0.3, 0.4) is 0 Å². The number of carbonyl (C=O) groups is 1. The molecule has 1 N–H and O–H groups in total.